The van der Waals surface area contributed by atoms with Gasteiger partial charge in [0.15, 0.2) is 3.79 Å². The van der Waals surface area contributed by atoms with E-state index in [1.807, 2.05) is 52.9 Å². The van der Waals surface area contributed by atoms with Crippen molar-refractivity contribution in [2.75, 3.05) is 0 Å². The first-order valence-electron chi connectivity index (χ1n) is 3.51. The first kappa shape index (κ1) is 8.71. The standard InChI is InChI=1S/C9H9IO/c10-9(11)7-6-8-4-2-1-3-5-8/h1-5H,6-7H2. The van der Waals surface area contributed by atoms with E-state index in [1.165, 1.54) is 5.56 Å². The molecule has 0 heterocycles. The Morgan fingerprint density at radius 3 is 2.45 bits per heavy atom. The van der Waals surface area contributed by atoms with Gasteiger partial charge in [0.2, 0.25) is 0 Å². The molecule has 1 rings (SSSR count). The van der Waals surface area contributed by atoms with E-state index in [4.69, 9.17) is 0 Å². The van der Waals surface area contributed by atoms with Gasteiger partial charge in [0.05, 0.1) is 0 Å². The second-order valence-corrected chi connectivity index (χ2v) is 3.54. The van der Waals surface area contributed by atoms with Gasteiger partial charge in [-0.1, -0.05) is 30.3 Å². The molecular weight excluding hydrogens is 251 g/mol. The molecular formula is C9H9IO. The van der Waals surface area contributed by atoms with E-state index in [2.05, 4.69) is 0 Å². The third-order valence-electron chi connectivity index (χ3n) is 1.45. The lowest BCUT2D eigenvalue weighted by atomic mass is 10.1. The SMILES string of the molecule is O=C(I)CCc1ccccc1. The highest BCUT2D eigenvalue weighted by atomic mass is 127. The molecule has 0 N–H and O–H groups in total. The number of rotatable bonds is 3. The number of hydrogen-bond donors (Lipinski definition) is 0. The predicted octanol–water partition coefficient (Wildman–Crippen LogP) is 2.58. The van der Waals surface area contributed by atoms with E-state index in [1.54, 1.807) is 0 Å². The molecule has 0 fully saturated rings. The molecule has 1 aromatic carbocycles. The van der Waals surface area contributed by atoms with Gasteiger partial charge in [-0.05, 0) is 34.6 Å². The molecule has 1 aromatic rings. The lowest BCUT2D eigenvalue weighted by Crippen LogP contribution is -1.89. The Balaban J connectivity index is 2.45. The minimum Gasteiger partial charge on any atom is -0.288 e. The predicted molar refractivity (Wildman–Crippen MR) is 53.8 cm³/mol. The van der Waals surface area contributed by atoms with E-state index in [9.17, 15) is 4.79 Å². The lowest BCUT2D eigenvalue weighted by Gasteiger charge is -1.95. The summed E-state index contributed by atoms with van der Waals surface area (Å²) in [4.78, 5) is 10.6. The van der Waals surface area contributed by atoms with Crippen LogP contribution in [0.25, 0.3) is 0 Å². The molecule has 0 aromatic heterocycles. The maximum absolute atomic E-state index is 10.6. The smallest absolute Gasteiger partial charge is 0.192 e. The first-order chi connectivity index (χ1) is 5.29. The summed E-state index contributed by atoms with van der Waals surface area (Å²) >= 11 is 1.83. The third kappa shape index (κ3) is 3.51. The van der Waals surface area contributed by atoms with Gasteiger partial charge in [0, 0.05) is 6.42 Å². The molecule has 0 radical (unpaired) electrons. The summed E-state index contributed by atoms with van der Waals surface area (Å²) in [7, 11) is 0. The van der Waals surface area contributed by atoms with Gasteiger partial charge in [-0.3, -0.25) is 4.79 Å². The Bertz CT molecular complexity index is 231. The monoisotopic (exact) mass is 260 g/mol. The van der Waals surface area contributed by atoms with Crippen molar-refractivity contribution >= 4 is 26.4 Å². The molecule has 0 aliphatic carbocycles. The van der Waals surface area contributed by atoms with Crippen LogP contribution in [0, 0.1) is 0 Å². The molecule has 0 spiro atoms. The van der Waals surface area contributed by atoms with Crippen LogP contribution in [0.1, 0.15) is 12.0 Å². The fourth-order valence-corrected chi connectivity index (χ4v) is 1.16. The van der Waals surface area contributed by atoms with Crippen LogP contribution in [-0.2, 0) is 11.2 Å². The van der Waals surface area contributed by atoms with Crippen LogP contribution in [-0.4, -0.2) is 3.79 Å². The van der Waals surface area contributed by atoms with Crippen molar-refractivity contribution in [3.8, 4) is 0 Å². The van der Waals surface area contributed by atoms with Crippen LogP contribution in [0.4, 0.5) is 0 Å². The summed E-state index contributed by atoms with van der Waals surface area (Å²) < 4.78 is 0.228. The molecule has 58 valence electrons. The molecule has 2 heteroatoms. The maximum atomic E-state index is 10.6. The van der Waals surface area contributed by atoms with Crippen LogP contribution in [0.15, 0.2) is 30.3 Å². The first-order valence-corrected chi connectivity index (χ1v) is 4.59. The van der Waals surface area contributed by atoms with Crippen LogP contribution in [0.5, 0.6) is 0 Å². The van der Waals surface area contributed by atoms with Crippen molar-refractivity contribution in [3.63, 3.8) is 0 Å². The highest BCUT2D eigenvalue weighted by molar-refractivity contribution is 14.1. The van der Waals surface area contributed by atoms with E-state index in [0.29, 0.717) is 6.42 Å². The van der Waals surface area contributed by atoms with Crippen molar-refractivity contribution < 1.29 is 4.79 Å². The van der Waals surface area contributed by atoms with Gasteiger partial charge in [-0.25, -0.2) is 0 Å². The zero-order valence-electron chi connectivity index (χ0n) is 6.09. The largest absolute Gasteiger partial charge is 0.288 e. The van der Waals surface area contributed by atoms with Crippen molar-refractivity contribution in [1.82, 2.24) is 0 Å². The van der Waals surface area contributed by atoms with Crippen LogP contribution < -0.4 is 0 Å². The van der Waals surface area contributed by atoms with Gasteiger partial charge >= 0.3 is 0 Å². The fourth-order valence-electron chi connectivity index (χ4n) is 0.887. The molecule has 0 amide bonds. The summed E-state index contributed by atoms with van der Waals surface area (Å²) in [6.45, 7) is 0. The van der Waals surface area contributed by atoms with Gasteiger partial charge in [-0.15, -0.1) is 0 Å². The molecule has 11 heavy (non-hydrogen) atoms. The Morgan fingerprint density at radius 2 is 1.91 bits per heavy atom. The van der Waals surface area contributed by atoms with Gasteiger partial charge < -0.3 is 0 Å². The zero-order chi connectivity index (χ0) is 8.10. The molecule has 0 unspecified atom stereocenters. The van der Waals surface area contributed by atoms with E-state index < -0.39 is 0 Å². The van der Waals surface area contributed by atoms with Crippen LogP contribution >= 0.6 is 22.6 Å². The fraction of sp³-hybridized carbons (Fsp3) is 0.222. The molecule has 0 saturated carbocycles. The van der Waals surface area contributed by atoms with Crippen LogP contribution in [0.2, 0.25) is 0 Å². The highest BCUT2D eigenvalue weighted by Crippen LogP contribution is 2.04. The summed E-state index contributed by atoms with van der Waals surface area (Å²) in [6.07, 6.45) is 1.51. The topological polar surface area (TPSA) is 17.1 Å². The zero-order valence-corrected chi connectivity index (χ0v) is 8.24. The summed E-state index contributed by atoms with van der Waals surface area (Å²) in [6, 6.07) is 10.1. The summed E-state index contributed by atoms with van der Waals surface area (Å²) in [5.41, 5.74) is 1.23. The number of carbonyl (C=O) groups is 1. The average molecular weight is 260 g/mol. The third-order valence-corrected chi connectivity index (χ3v) is 1.99. The van der Waals surface area contributed by atoms with Crippen molar-refractivity contribution in [1.29, 1.82) is 0 Å². The number of aryl methyl sites for hydroxylation is 1. The number of hydrogen-bond acceptors (Lipinski definition) is 1. The molecule has 1 nitrogen and oxygen atoms in total. The Hall–Kier alpha value is -0.380. The second-order valence-electron chi connectivity index (χ2n) is 2.34. The molecule has 0 saturated heterocycles. The number of benzene rings is 1. The van der Waals surface area contributed by atoms with Gasteiger partial charge in [0.1, 0.15) is 0 Å². The molecule has 0 aliphatic heterocycles. The van der Waals surface area contributed by atoms with Gasteiger partial charge in [-0.2, -0.15) is 0 Å². The highest BCUT2D eigenvalue weighted by Gasteiger charge is 1.95. The van der Waals surface area contributed by atoms with E-state index >= 15 is 0 Å². The Morgan fingerprint density at radius 1 is 1.27 bits per heavy atom. The lowest BCUT2D eigenvalue weighted by molar-refractivity contribution is -0.109. The quantitative estimate of drug-likeness (QED) is 0.603. The minimum absolute atomic E-state index is 0.228. The Kier molecular flexibility index (Phi) is 3.56. The maximum Gasteiger partial charge on any atom is 0.192 e. The number of carbonyl (C=O) groups excluding carboxylic acids is 1. The summed E-state index contributed by atoms with van der Waals surface area (Å²) in [5, 5.41) is 0. The van der Waals surface area contributed by atoms with Crippen LogP contribution in [0.3, 0.4) is 0 Å². The molecule has 0 atom stereocenters. The summed E-state index contributed by atoms with van der Waals surface area (Å²) in [5.74, 6) is 0. The Labute approximate surface area is 79.9 Å². The number of halogens is 1. The van der Waals surface area contributed by atoms with Gasteiger partial charge in [0.25, 0.3) is 0 Å². The molecule has 0 bridgehead atoms. The minimum atomic E-state index is 0.228. The normalized spacial score (nSPS) is 9.55. The average Bonchev–Trinajstić information content (AvgIpc) is 2.03. The second kappa shape index (κ2) is 4.49. The molecule has 0 aliphatic rings. The van der Waals surface area contributed by atoms with Crippen molar-refractivity contribution in [2.45, 2.75) is 12.8 Å². The van der Waals surface area contributed by atoms with E-state index in [0.717, 1.165) is 6.42 Å². The van der Waals surface area contributed by atoms with Crippen molar-refractivity contribution in [3.05, 3.63) is 35.9 Å². The van der Waals surface area contributed by atoms with Crippen molar-refractivity contribution in [2.24, 2.45) is 0 Å². The van der Waals surface area contributed by atoms with E-state index in [-0.39, 0.29) is 3.79 Å².